The highest BCUT2D eigenvalue weighted by atomic mass is 35.5. The largest absolute Gasteiger partial charge is 0.461 e. The second-order valence-corrected chi connectivity index (χ2v) is 5.58. The third kappa shape index (κ3) is 4.18. The van der Waals surface area contributed by atoms with Gasteiger partial charge in [0.1, 0.15) is 0 Å². The highest BCUT2D eigenvalue weighted by Gasteiger charge is 2.22. The summed E-state index contributed by atoms with van der Waals surface area (Å²) in [6, 6.07) is 0.286. The number of piperidine rings is 1. The fourth-order valence-corrected chi connectivity index (χ4v) is 2.41. The van der Waals surface area contributed by atoms with Gasteiger partial charge in [-0.25, -0.2) is 0 Å². The smallest absolute Gasteiger partial charge is 0.322 e. The highest BCUT2D eigenvalue weighted by Crippen LogP contribution is 2.23. The minimum atomic E-state index is 0.00811. The SMILES string of the molecule is COCC1CCN(c2nc(Cl)nc(OC(C)C)n2)CC1. The first kappa shape index (κ1) is 15.3. The summed E-state index contributed by atoms with van der Waals surface area (Å²) in [4.78, 5) is 14.6. The molecule has 0 bridgehead atoms. The van der Waals surface area contributed by atoms with E-state index in [1.165, 1.54) is 0 Å². The third-order valence-electron chi connectivity index (χ3n) is 3.22. The number of rotatable bonds is 5. The van der Waals surface area contributed by atoms with Gasteiger partial charge < -0.3 is 14.4 Å². The van der Waals surface area contributed by atoms with Gasteiger partial charge in [-0.3, -0.25) is 0 Å². The van der Waals surface area contributed by atoms with Crippen molar-refractivity contribution in [2.24, 2.45) is 5.92 Å². The van der Waals surface area contributed by atoms with Crippen molar-refractivity contribution in [2.75, 3.05) is 31.7 Å². The van der Waals surface area contributed by atoms with Crippen LogP contribution in [0.5, 0.6) is 6.01 Å². The third-order valence-corrected chi connectivity index (χ3v) is 3.39. The van der Waals surface area contributed by atoms with Crippen LogP contribution in [0.15, 0.2) is 0 Å². The topological polar surface area (TPSA) is 60.4 Å². The molecule has 112 valence electrons. The predicted molar refractivity (Wildman–Crippen MR) is 77.4 cm³/mol. The van der Waals surface area contributed by atoms with Crippen LogP contribution in [0, 0.1) is 5.92 Å². The molecule has 7 heteroatoms. The normalized spacial score (nSPS) is 16.8. The van der Waals surface area contributed by atoms with Crippen molar-refractivity contribution in [2.45, 2.75) is 32.8 Å². The van der Waals surface area contributed by atoms with Gasteiger partial charge in [-0.15, -0.1) is 0 Å². The number of aromatic nitrogens is 3. The van der Waals surface area contributed by atoms with E-state index < -0.39 is 0 Å². The molecular formula is C13H21ClN4O2. The highest BCUT2D eigenvalue weighted by molar-refractivity contribution is 6.28. The molecule has 1 fully saturated rings. The van der Waals surface area contributed by atoms with Gasteiger partial charge in [0.25, 0.3) is 0 Å². The number of hydrogen-bond donors (Lipinski definition) is 0. The number of ether oxygens (including phenoxy) is 2. The first-order valence-corrected chi connectivity index (χ1v) is 7.28. The van der Waals surface area contributed by atoms with Crippen molar-refractivity contribution < 1.29 is 9.47 Å². The lowest BCUT2D eigenvalue weighted by Crippen LogP contribution is -2.36. The quantitative estimate of drug-likeness (QED) is 0.830. The van der Waals surface area contributed by atoms with Crippen molar-refractivity contribution in [1.29, 1.82) is 0 Å². The molecule has 1 aromatic rings. The first-order chi connectivity index (χ1) is 9.58. The second-order valence-electron chi connectivity index (χ2n) is 5.24. The van der Waals surface area contributed by atoms with Crippen LogP contribution in [-0.4, -0.2) is 47.9 Å². The van der Waals surface area contributed by atoms with Gasteiger partial charge in [-0.05, 0) is 44.2 Å². The Hall–Kier alpha value is -1.14. The molecule has 0 radical (unpaired) electrons. The van der Waals surface area contributed by atoms with E-state index in [1.807, 2.05) is 13.8 Å². The lowest BCUT2D eigenvalue weighted by atomic mass is 9.98. The zero-order valence-corrected chi connectivity index (χ0v) is 12.9. The van der Waals surface area contributed by atoms with Gasteiger partial charge in [0.15, 0.2) is 0 Å². The van der Waals surface area contributed by atoms with Crippen LogP contribution in [0.4, 0.5) is 5.95 Å². The van der Waals surface area contributed by atoms with Crippen LogP contribution >= 0.6 is 11.6 Å². The average molecular weight is 301 g/mol. The number of methoxy groups -OCH3 is 1. The minimum absolute atomic E-state index is 0.00811. The fraction of sp³-hybridized carbons (Fsp3) is 0.769. The zero-order chi connectivity index (χ0) is 14.5. The van der Waals surface area contributed by atoms with E-state index in [1.54, 1.807) is 7.11 Å². The molecule has 1 saturated heterocycles. The summed E-state index contributed by atoms with van der Waals surface area (Å²) in [6.07, 6.45) is 2.14. The molecule has 0 aromatic carbocycles. The standard InChI is InChI=1S/C13H21ClN4O2/c1-9(2)20-13-16-11(14)15-12(17-13)18-6-4-10(5-7-18)8-19-3/h9-10H,4-8H2,1-3H3. The van der Waals surface area contributed by atoms with Gasteiger partial charge >= 0.3 is 6.01 Å². The Morgan fingerprint density at radius 2 is 1.95 bits per heavy atom. The molecule has 20 heavy (non-hydrogen) atoms. The molecular weight excluding hydrogens is 280 g/mol. The van der Waals surface area contributed by atoms with Gasteiger partial charge in [-0.1, -0.05) is 0 Å². The van der Waals surface area contributed by atoms with Crippen molar-refractivity contribution in [1.82, 2.24) is 15.0 Å². The summed E-state index contributed by atoms with van der Waals surface area (Å²) in [5.74, 6) is 1.21. The number of nitrogens with zero attached hydrogens (tertiary/aromatic N) is 4. The number of hydrogen-bond acceptors (Lipinski definition) is 6. The van der Waals surface area contributed by atoms with E-state index >= 15 is 0 Å². The predicted octanol–water partition coefficient (Wildman–Crippen LogP) is 2.17. The van der Waals surface area contributed by atoms with Crippen molar-refractivity contribution in [3.8, 4) is 6.01 Å². The molecule has 2 rings (SSSR count). The summed E-state index contributed by atoms with van der Waals surface area (Å²) >= 11 is 5.94. The van der Waals surface area contributed by atoms with E-state index in [2.05, 4.69) is 19.9 Å². The molecule has 0 spiro atoms. The maximum atomic E-state index is 5.94. The molecule has 2 heterocycles. The second kappa shape index (κ2) is 7.04. The lowest BCUT2D eigenvalue weighted by molar-refractivity contribution is 0.138. The molecule has 1 aliphatic heterocycles. The maximum Gasteiger partial charge on any atom is 0.322 e. The Bertz CT molecular complexity index is 436. The molecule has 1 aliphatic rings. The van der Waals surface area contributed by atoms with Gasteiger partial charge in [0, 0.05) is 26.8 Å². The minimum Gasteiger partial charge on any atom is -0.461 e. The van der Waals surface area contributed by atoms with Crippen molar-refractivity contribution in [3.05, 3.63) is 5.28 Å². The lowest BCUT2D eigenvalue weighted by Gasteiger charge is -2.31. The fourth-order valence-electron chi connectivity index (χ4n) is 2.26. The molecule has 0 N–H and O–H groups in total. The molecule has 0 unspecified atom stereocenters. The monoisotopic (exact) mass is 300 g/mol. The number of anilines is 1. The number of halogens is 1. The molecule has 0 saturated carbocycles. The van der Waals surface area contributed by atoms with Crippen LogP contribution in [-0.2, 0) is 4.74 Å². The summed E-state index contributed by atoms with van der Waals surface area (Å²) < 4.78 is 10.7. The van der Waals surface area contributed by atoms with E-state index in [-0.39, 0.29) is 17.4 Å². The van der Waals surface area contributed by atoms with Gasteiger partial charge in [0.05, 0.1) is 6.10 Å². The van der Waals surface area contributed by atoms with Crippen molar-refractivity contribution >= 4 is 17.5 Å². The van der Waals surface area contributed by atoms with Crippen LogP contribution in [0.2, 0.25) is 5.28 Å². The summed E-state index contributed by atoms with van der Waals surface area (Å²) in [6.45, 7) is 6.46. The molecule has 1 aromatic heterocycles. The van der Waals surface area contributed by atoms with E-state index in [0.29, 0.717) is 11.9 Å². The van der Waals surface area contributed by atoms with Crippen molar-refractivity contribution in [3.63, 3.8) is 0 Å². The van der Waals surface area contributed by atoms with Crippen LogP contribution < -0.4 is 9.64 Å². The van der Waals surface area contributed by atoms with E-state index in [9.17, 15) is 0 Å². The van der Waals surface area contributed by atoms with Crippen LogP contribution in [0.3, 0.4) is 0 Å². The summed E-state index contributed by atoms with van der Waals surface area (Å²) in [7, 11) is 1.74. The Balaban J connectivity index is 2.03. The van der Waals surface area contributed by atoms with Crippen LogP contribution in [0.1, 0.15) is 26.7 Å². The molecule has 0 amide bonds. The first-order valence-electron chi connectivity index (χ1n) is 6.90. The van der Waals surface area contributed by atoms with Crippen LogP contribution in [0.25, 0.3) is 0 Å². The van der Waals surface area contributed by atoms with Gasteiger partial charge in [-0.2, -0.15) is 15.0 Å². The Labute approximate surface area is 124 Å². The molecule has 0 atom stereocenters. The Morgan fingerprint density at radius 3 is 2.55 bits per heavy atom. The maximum absolute atomic E-state index is 5.94. The van der Waals surface area contributed by atoms with E-state index in [0.717, 1.165) is 32.5 Å². The molecule has 6 nitrogen and oxygen atoms in total. The average Bonchev–Trinajstić information content (AvgIpc) is 2.38. The Kier molecular flexibility index (Phi) is 5.37. The summed E-state index contributed by atoms with van der Waals surface area (Å²) in [5, 5.41) is 0.171. The summed E-state index contributed by atoms with van der Waals surface area (Å²) in [5.41, 5.74) is 0. The van der Waals surface area contributed by atoms with Gasteiger partial charge in [0.2, 0.25) is 11.2 Å². The van der Waals surface area contributed by atoms with E-state index in [4.69, 9.17) is 21.1 Å². The Morgan fingerprint density at radius 1 is 1.25 bits per heavy atom. The zero-order valence-electron chi connectivity index (χ0n) is 12.2. The molecule has 0 aliphatic carbocycles.